The van der Waals surface area contributed by atoms with Gasteiger partial charge >= 0.3 is 0 Å². The van der Waals surface area contributed by atoms with Crippen molar-refractivity contribution in [2.24, 2.45) is 0 Å². The van der Waals surface area contributed by atoms with Crippen molar-refractivity contribution in [3.8, 4) is 5.75 Å². The second-order valence-electron chi connectivity index (χ2n) is 5.35. The highest BCUT2D eigenvalue weighted by Crippen LogP contribution is 2.24. The molecule has 0 saturated carbocycles. The monoisotopic (exact) mass is 305 g/mol. The van der Waals surface area contributed by atoms with Crippen LogP contribution in [0, 0.1) is 0 Å². The molecule has 3 nitrogen and oxygen atoms in total. The molecule has 1 amide bonds. The molecule has 3 aromatic carbocycles. The molecular weight excluding hydrogens is 286 g/mol. The summed E-state index contributed by atoms with van der Waals surface area (Å²) in [5.74, 6) is 0.634. The molecule has 3 rings (SSSR count). The number of nitrogens with one attached hydrogen (secondary N) is 1. The van der Waals surface area contributed by atoms with Crippen LogP contribution >= 0.6 is 0 Å². The molecule has 0 aliphatic rings. The first-order chi connectivity index (χ1) is 11.3. The van der Waals surface area contributed by atoms with Gasteiger partial charge in [-0.15, -0.1) is 0 Å². The van der Waals surface area contributed by atoms with Gasteiger partial charge in [-0.3, -0.25) is 4.79 Å². The van der Waals surface area contributed by atoms with Crippen molar-refractivity contribution >= 4 is 16.7 Å². The van der Waals surface area contributed by atoms with Crippen molar-refractivity contribution in [2.75, 3.05) is 13.2 Å². The normalized spacial score (nSPS) is 10.4. The van der Waals surface area contributed by atoms with Gasteiger partial charge in [0.25, 0.3) is 5.91 Å². The standard InChI is InChI=1S/C20H19NO2/c22-20(21-14-13-16-7-2-1-3-8-16)15-23-19-12-6-10-17-9-4-5-11-18(17)19/h1-12H,13-15H2,(H,21,22). The van der Waals surface area contributed by atoms with E-state index in [-0.39, 0.29) is 12.5 Å². The average molecular weight is 305 g/mol. The summed E-state index contributed by atoms with van der Waals surface area (Å²) < 4.78 is 5.67. The van der Waals surface area contributed by atoms with Gasteiger partial charge in [0.15, 0.2) is 6.61 Å². The highest BCUT2D eigenvalue weighted by Gasteiger charge is 2.05. The van der Waals surface area contributed by atoms with Gasteiger partial charge in [0.05, 0.1) is 0 Å². The van der Waals surface area contributed by atoms with Crippen LogP contribution in [0.5, 0.6) is 5.75 Å². The number of hydrogen-bond acceptors (Lipinski definition) is 2. The molecular formula is C20H19NO2. The molecule has 0 aliphatic heterocycles. The van der Waals surface area contributed by atoms with Gasteiger partial charge in [-0.25, -0.2) is 0 Å². The Hall–Kier alpha value is -2.81. The third-order valence-electron chi connectivity index (χ3n) is 3.69. The Morgan fingerprint density at radius 2 is 1.61 bits per heavy atom. The summed E-state index contributed by atoms with van der Waals surface area (Å²) in [6.07, 6.45) is 0.820. The fourth-order valence-electron chi connectivity index (χ4n) is 2.51. The Balaban J connectivity index is 1.50. The van der Waals surface area contributed by atoms with Crippen LogP contribution in [0.3, 0.4) is 0 Å². The topological polar surface area (TPSA) is 38.3 Å². The first-order valence-corrected chi connectivity index (χ1v) is 7.74. The molecule has 3 aromatic rings. The molecule has 3 heteroatoms. The molecule has 116 valence electrons. The summed E-state index contributed by atoms with van der Waals surface area (Å²) in [5, 5.41) is 5.01. The second-order valence-corrected chi connectivity index (χ2v) is 5.35. The van der Waals surface area contributed by atoms with E-state index in [0.29, 0.717) is 6.54 Å². The van der Waals surface area contributed by atoms with E-state index in [9.17, 15) is 4.79 Å². The number of fused-ring (bicyclic) bond motifs is 1. The van der Waals surface area contributed by atoms with Gasteiger partial charge in [-0.1, -0.05) is 66.7 Å². The van der Waals surface area contributed by atoms with Crippen molar-refractivity contribution in [1.82, 2.24) is 5.32 Å². The number of amides is 1. The fourth-order valence-corrected chi connectivity index (χ4v) is 2.51. The SMILES string of the molecule is O=C(COc1cccc2ccccc12)NCCc1ccccc1. The summed E-state index contributed by atoms with van der Waals surface area (Å²) in [6.45, 7) is 0.643. The van der Waals surface area contributed by atoms with Crippen LogP contribution in [0.2, 0.25) is 0 Å². The van der Waals surface area contributed by atoms with Gasteiger partial charge in [0.2, 0.25) is 0 Å². The maximum atomic E-state index is 11.9. The van der Waals surface area contributed by atoms with Crippen molar-refractivity contribution in [1.29, 1.82) is 0 Å². The molecule has 0 heterocycles. The van der Waals surface area contributed by atoms with Crippen LogP contribution in [0.1, 0.15) is 5.56 Å². The van der Waals surface area contributed by atoms with E-state index in [1.807, 2.05) is 60.7 Å². The Morgan fingerprint density at radius 3 is 2.48 bits per heavy atom. The minimum absolute atomic E-state index is 0.0306. The van der Waals surface area contributed by atoms with Gasteiger partial charge in [0, 0.05) is 11.9 Å². The van der Waals surface area contributed by atoms with Crippen LogP contribution in [0.25, 0.3) is 10.8 Å². The lowest BCUT2D eigenvalue weighted by Gasteiger charge is -2.10. The third kappa shape index (κ3) is 4.10. The Bertz CT molecular complexity index is 779. The minimum atomic E-state index is -0.103. The number of hydrogen-bond donors (Lipinski definition) is 1. The molecule has 23 heavy (non-hydrogen) atoms. The van der Waals surface area contributed by atoms with E-state index in [1.54, 1.807) is 0 Å². The van der Waals surface area contributed by atoms with Crippen molar-refractivity contribution in [2.45, 2.75) is 6.42 Å². The zero-order valence-corrected chi connectivity index (χ0v) is 12.9. The number of benzene rings is 3. The van der Waals surface area contributed by atoms with E-state index in [4.69, 9.17) is 4.74 Å². The summed E-state index contributed by atoms with van der Waals surface area (Å²) >= 11 is 0. The van der Waals surface area contributed by atoms with Crippen LogP contribution in [0.4, 0.5) is 0 Å². The fraction of sp³-hybridized carbons (Fsp3) is 0.150. The number of rotatable bonds is 6. The molecule has 0 aromatic heterocycles. The third-order valence-corrected chi connectivity index (χ3v) is 3.69. The van der Waals surface area contributed by atoms with Crippen molar-refractivity contribution < 1.29 is 9.53 Å². The van der Waals surface area contributed by atoms with E-state index < -0.39 is 0 Å². The first kappa shape index (κ1) is 15.1. The zero-order chi connectivity index (χ0) is 15.9. The van der Waals surface area contributed by atoms with E-state index in [2.05, 4.69) is 17.4 Å². The molecule has 0 radical (unpaired) electrons. The molecule has 0 fully saturated rings. The van der Waals surface area contributed by atoms with E-state index >= 15 is 0 Å². The van der Waals surface area contributed by atoms with Crippen LogP contribution < -0.4 is 10.1 Å². The van der Waals surface area contributed by atoms with E-state index in [0.717, 1.165) is 22.9 Å². The molecule has 0 atom stereocenters. The number of carbonyl (C=O) groups excluding carboxylic acids is 1. The summed E-state index contributed by atoms with van der Waals surface area (Å²) in [5.41, 5.74) is 1.21. The Morgan fingerprint density at radius 1 is 0.870 bits per heavy atom. The maximum Gasteiger partial charge on any atom is 0.257 e. The smallest absolute Gasteiger partial charge is 0.257 e. The highest BCUT2D eigenvalue weighted by molar-refractivity contribution is 5.88. The van der Waals surface area contributed by atoms with Crippen molar-refractivity contribution in [3.63, 3.8) is 0 Å². The Kier molecular flexibility index (Phi) is 4.89. The lowest BCUT2D eigenvalue weighted by atomic mass is 10.1. The van der Waals surface area contributed by atoms with Gasteiger partial charge < -0.3 is 10.1 Å². The molecule has 0 unspecified atom stereocenters. The molecule has 0 bridgehead atoms. The summed E-state index contributed by atoms with van der Waals surface area (Å²) in [4.78, 5) is 11.9. The Labute approximate surface area is 135 Å². The summed E-state index contributed by atoms with van der Waals surface area (Å²) in [6, 6.07) is 23.9. The molecule has 0 saturated heterocycles. The van der Waals surface area contributed by atoms with Crippen molar-refractivity contribution in [3.05, 3.63) is 78.4 Å². The van der Waals surface area contributed by atoms with E-state index in [1.165, 1.54) is 5.56 Å². The van der Waals surface area contributed by atoms with Crippen LogP contribution in [-0.4, -0.2) is 19.1 Å². The number of ether oxygens (including phenoxy) is 1. The molecule has 1 N–H and O–H groups in total. The predicted molar refractivity (Wildman–Crippen MR) is 92.6 cm³/mol. The summed E-state index contributed by atoms with van der Waals surface area (Å²) in [7, 11) is 0. The first-order valence-electron chi connectivity index (χ1n) is 7.74. The van der Waals surface area contributed by atoms with Gasteiger partial charge in [-0.2, -0.15) is 0 Å². The quantitative estimate of drug-likeness (QED) is 0.756. The van der Waals surface area contributed by atoms with Gasteiger partial charge in [0.1, 0.15) is 5.75 Å². The lowest BCUT2D eigenvalue weighted by molar-refractivity contribution is -0.123. The highest BCUT2D eigenvalue weighted by atomic mass is 16.5. The van der Waals surface area contributed by atoms with Crippen LogP contribution in [-0.2, 0) is 11.2 Å². The lowest BCUT2D eigenvalue weighted by Crippen LogP contribution is -2.30. The maximum absolute atomic E-state index is 11.9. The largest absolute Gasteiger partial charge is 0.483 e. The predicted octanol–water partition coefficient (Wildman–Crippen LogP) is 3.58. The van der Waals surface area contributed by atoms with Crippen LogP contribution in [0.15, 0.2) is 72.8 Å². The minimum Gasteiger partial charge on any atom is -0.483 e. The average Bonchev–Trinajstić information content (AvgIpc) is 2.61. The number of carbonyl (C=O) groups is 1. The molecule has 0 spiro atoms. The molecule has 0 aliphatic carbocycles. The van der Waals surface area contributed by atoms with Gasteiger partial charge in [-0.05, 0) is 23.4 Å². The zero-order valence-electron chi connectivity index (χ0n) is 12.9. The second kappa shape index (κ2) is 7.45.